The van der Waals surface area contributed by atoms with Crippen LogP contribution in [0.15, 0.2) is 42.5 Å². The van der Waals surface area contributed by atoms with Crippen molar-refractivity contribution in [3.8, 4) is 11.1 Å². The first-order valence-corrected chi connectivity index (χ1v) is 6.38. The topological polar surface area (TPSA) is 26.0 Å². The van der Waals surface area contributed by atoms with E-state index in [1.165, 1.54) is 27.8 Å². The molecule has 0 heterocycles. The minimum atomic E-state index is -0.379. The van der Waals surface area contributed by atoms with Crippen LogP contribution in [-0.2, 0) is 3.55 Å². The number of fused-ring (bicyclic) bond motifs is 3. The monoisotopic (exact) mass is 321 g/mol. The predicted octanol–water partition coefficient (Wildman–Crippen LogP) is 3.57. The third-order valence-electron chi connectivity index (χ3n) is 3.25. The molecule has 16 heavy (non-hydrogen) atoms. The Bertz CT molecular complexity index is 573. The summed E-state index contributed by atoms with van der Waals surface area (Å²) in [7, 11) is 0. The summed E-state index contributed by atoms with van der Waals surface area (Å²) >= 11 is 2.34. The summed E-state index contributed by atoms with van der Waals surface area (Å²) in [6.07, 6.45) is 0. The summed E-state index contributed by atoms with van der Waals surface area (Å²) in [6.45, 7) is 2.15. The standard InChI is InChI=1S/C14H12IN/c1-9-5-4-8-12-13(9)10-6-2-3-7-11(10)14(12,15)16/h2-8H,16H2,1H3. The Balaban J connectivity index is 2.45. The molecule has 0 radical (unpaired) electrons. The quantitative estimate of drug-likeness (QED) is 0.448. The van der Waals surface area contributed by atoms with Crippen LogP contribution in [0.5, 0.6) is 0 Å². The fourth-order valence-corrected chi connectivity index (χ4v) is 3.41. The molecule has 1 aliphatic rings. The first kappa shape index (κ1) is 10.3. The van der Waals surface area contributed by atoms with Gasteiger partial charge in [0.1, 0.15) is 3.55 Å². The smallest absolute Gasteiger partial charge is 0.120 e. The zero-order valence-corrected chi connectivity index (χ0v) is 11.2. The number of nitrogens with two attached hydrogens (primary N) is 1. The number of halogens is 1. The lowest BCUT2D eigenvalue weighted by Crippen LogP contribution is -2.27. The number of rotatable bonds is 0. The van der Waals surface area contributed by atoms with Crippen molar-refractivity contribution in [2.75, 3.05) is 0 Å². The molecule has 1 aliphatic carbocycles. The Labute approximate surface area is 109 Å². The Morgan fingerprint density at radius 3 is 2.50 bits per heavy atom. The van der Waals surface area contributed by atoms with E-state index in [4.69, 9.17) is 5.73 Å². The maximum absolute atomic E-state index is 6.46. The van der Waals surface area contributed by atoms with Crippen LogP contribution in [0.3, 0.4) is 0 Å². The second-order valence-corrected chi connectivity index (χ2v) is 5.96. The molecule has 1 nitrogen and oxygen atoms in total. The van der Waals surface area contributed by atoms with E-state index in [1.807, 2.05) is 0 Å². The zero-order chi connectivity index (χ0) is 11.3. The molecule has 2 heteroatoms. The van der Waals surface area contributed by atoms with Gasteiger partial charge in [-0.1, -0.05) is 65.1 Å². The minimum Gasteiger partial charge on any atom is -0.309 e. The molecule has 0 saturated carbocycles. The normalized spacial score (nSPS) is 21.7. The van der Waals surface area contributed by atoms with E-state index in [9.17, 15) is 0 Å². The summed E-state index contributed by atoms with van der Waals surface area (Å²) in [5, 5.41) is 0. The molecular formula is C14H12IN. The van der Waals surface area contributed by atoms with E-state index in [0.717, 1.165) is 0 Å². The molecule has 0 spiro atoms. The van der Waals surface area contributed by atoms with Crippen molar-refractivity contribution < 1.29 is 0 Å². The Morgan fingerprint density at radius 1 is 1.00 bits per heavy atom. The van der Waals surface area contributed by atoms with Crippen LogP contribution >= 0.6 is 22.6 Å². The molecule has 0 bridgehead atoms. The Hall–Kier alpha value is -0.870. The van der Waals surface area contributed by atoms with Gasteiger partial charge >= 0.3 is 0 Å². The van der Waals surface area contributed by atoms with Gasteiger partial charge in [0.05, 0.1) is 0 Å². The van der Waals surface area contributed by atoms with Crippen LogP contribution in [-0.4, -0.2) is 0 Å². The molecule has 0 aliphatic heterocycles. The predicted molar refractivity (Wildman–Crippen MR) is 75.6 cm³/mol. The average molecular weight is 321 g/mol. The lowest BCUT2D eigenvalue weighted by Gasteiger charge is -2.19. The van der Waals surface area contributed by atoms with E-state index in [2.05, 4.69) is 72.0 Å². The second-order valence-electron chi connectivity index (χ2n) is 4.25. The summed E-state index contributed by atoms with van der Waals surface area (Å²) in [5.41, 5.74) is 12.8. The van der Waals surface area contributed by atoms with Crippen LogP contribution in [0.1, 0.15) is 16.7 Å². The van der Waals surface area contributed by atoms with Gasteiger partial charge < -0.3 is 5.73 Å². The third kappa shape index (κ3) is 1.20. The molecule has 80 valence electrons. The summed E-state index contributed by atoms with van der Waals surface area (Å²) < 4.78 is -0.379. The molecule has 2 N–H and O–H groups in total. The first-order valence-electron chi connectivity index (χ1n) is 5.30. The van der Waals surface area contributed by atoms with Crippen LogP contribution in [0.2, 0.25) is 0 Å². The van der Waals surface area contributed by atoms with Crippen molar-refractivity contribution in [3.63, 3.8) is 0 Å². The molecular weight excluding hydrogens is 309 g/mol. The highest BCUT2D eigenvalue weighted by Crippen LogP contribution is 2.50. The highest BCUT2D eigenvalue weighted by atomic mass is 127. The molecule has 0 aromatic heterocycles. The largest absolute Gasteiger partial charge is 0.309 e. The van der Waals surface area contributed by atoms with E-state index in [0.29, 0.717) is 0 Å². The number of hydrogen-bond acceptors (Lipinski definition) is 1. The van der Waals surface area contributed by atoms with Crippen molar-refractivity contribution >= 4 is 22.6 Å². The second kappa shape index (κ2) is 3.31. The summed E-state index contributed by atoms with van der Waals surface area (Å²) in [6, 6.07) is 14.8. The van der Waals surface area contributed by atoms with E-state index >= 15 is 0 Å². The molecule has 1 atom stereocenters. The lowest BCUT2D eigenvalue weighted by molar-refractivity contribution is 0.861. The van der Waals surface area contributed by atoms with Crippen molar-refractivity contribution in [2.24, 2.45) is 5.73 Å². The molecule has 1 unspecified atom stereocenters. The molecule has 2 aromatic rings. The summed E-state index contributed by atoms with van der Waals surface area (Å²) in [5.74, 6) is 0. The van der Waals surface area contributed by atoms with Gasteiger partial charge in [0, 0.05) is 0 Å². The van der Waals surface area contributed by atoms with Gasteiger partial charge in [-0.2, -0.15) is 0 Å². The highest BCUT2D eigenvalue weighted by Gasteiger charge is 2.37. The van der Waals surface area contributed by atoms with Gasteiger partial charge in [-0.25, -0.2) is 0 Å². The van der Waals surface area contributed by atoms with Crippen molar-refractivity contribution in [2.45, 2.75) is 10.5 Å². The van der Waals surface area contributed by atoms with Gasteiger partial charge in [-0.3, -0.25) is 0 Å². The SMILES string of the molecule is Cc1cccc2c1-c1ccccc1C2(N)I. The number of aryl methyl sites for hydroxylation is 1. The minimum absolute atomic E-state index is 0.379. The molecule has 3 rings (SSSR count). The molecule has 0 amide bonds. The zero-order valence-electron chi connectivity index (χ0n) is 9.00. The van der Waals surface area contributed by atoms with E-state index in [-0.39, 0.29) is 3.55 Å². The first-order chi connectivity index (χ1) is 7.62. The van der Waals surface area contributed by atoms with Gasteiger partial charge in [0.2, 0.25) is 0 Å². The van der Waals surface area contributed by atoms with Gasteiger partial charge in [0.25, 0.3) is 0 Å². The van der Waals surface area contributed by atoms with Gasteiger partial charge in [0.15, 0.2) is 0 Å². The third-order valence-corrected chi connectivity index (χ3v) is 4.42. The van der Waals surface area contributed by atoms with Crippen LogP contribution in [0.4, 0.5) is 0 Å². The molecule has 0 saturated heterocycles. The summed E-state index contributed by atoms with van der Waals surface area (Å²) in [4.78, 5) is 0. The maximum Gasteiger partial charge on any atom is 0.120 e. The van der Waals surface area contributed by atoms with Crippen LogP contribution in [0.25, 0.3) is 11.1 Å². The average Bonchev–Trinajstić information content (AvgIpc) is 2.51. The number of benzene rings is 2. The highest BCUT2D eigenvalue weighted by molar-refractivity contribution is 14.1. The van der Waals surface area contributed by atoms with Crippen molar-refractivity contribution in [1.29, 1.82) is 0 Å². The number of hydrogen-bond donors (Lipinski definition) is 1. The van der Waals surface area contributed by atoms with E-state index in [1.54, 1.807) is 0 Å². The molecule has 2 aromatic carbocycles. The van der Waals surface area contributed by atoms with Crippen LogP contribution < -0.4 is 5.73 Å². The van der Waals surface area contributed by atoms with Crippen LogP contribution in [0, 0.1) is 6.92 Å². The fraction of sp³-hybridized carbons (Fsp3) is 0.143. The van der Waals surface area contributed by atoms with Crippen molar-refractivity contribution in [1.82, 2.24) is 0 Å². The van der Waals surface area contributed by atoms with E-state index < -0.39 is 0 Å². The van der Waals surface area contributed by atoms with Gasteiger partial charge in [-0.05, 0) is 34.7 Å². The Morgan fingerprint density at radius 2 is 1.69 bits per heavy atom. The number of alkyl halides is 1. The maximum atomic E-state index is 6.46. The fourth-order valence-electron chi connectivity index (χ4n) is 2.49. The molecule has 0 fully saturated rings. The van der Waals surface area contributed by atoms with Crippen molar-refractivity contribution in [3.05, 3.63) is 59.2 Å². The lowest BCUT2D eigenvalue weighted by atomic mass is 10.0. The van der Waals surface area contributed by atoms with Gasteiger partial charge in [-0.15, -0.1) is 0 Å². The Kier molecular flexibility index (Phi) is 2.13.